The molecule has 2 aliphatic rings. The number of esters is 1. The maximum Gasteiger partial charge on any atom is 0.377 e. The summed E-state index contributed by atoms with van der Waals surface area (Å²) < 4.78 is 12.8. The van der Waals surface area contributed by atoms with Crippen molar-refractivity contribution in [1.29, 1.82) is 0 Å². The molecule has 0 spiro atoms. The summed E-state index contributed by atoms with van der Waals surface area (Å²) in [5.41, 5.74) is 5.63. The molecule has 2 aromatic heterocycles. The normalized spacial score (nSPS) is 19.4. The van der Waals surface area contributed by atoms with Crippen LogP contribution in [0.3, 0.4) is 0 Å². The number of ether oxygens (including phenoxy) is 1. The van der Waals surface area contributed by atoms with Crippen molar-refractivity contribution in [1.82, 2.24) is 28.9 Å². The van der Waals surface area contributed by atoms with Gasteiger partial charge in [-0.05, 0) is 17.1 Å². The number of fused-ring (bicyclic) bond motifs is 1. The number of nitrogen functional groups attached to an aromatic ring is 1. The van der Waals surface area contributed by atoms with Crippen LogP contribution in [0.25, 0.3) is 0 Å². The van der Waals surface area contributed by atoms with Crippen LogP contribution in [0, 0.1) is 0 Å². The molecular formula is C17H16N8O7S4. The Kier molecular flexibility index (Phi) is 7.71. The van der Waals surface area contributed by atoms with E-state index >= 15 is 0 Å². The van der Waals surface area contributed by atoms with E-state index in [-0.39, 0.29) is 33.9 Å². The minimum atomic E-state index is -1.27. The molecule has 36 heavy (non-hydrogen) atoms. The second-order valence-corrected chi connectivity index (χ2v) is 10.7. The van der Waals surface area contributed by atoms with Gasteiger partial charge in [0.2, 0.25) is 11.5 Å². The van der Waals surface area contributed by atoms with Gasteiger partial charge in [0.1, 0.15) is 24.2 Å². The molecule has 4 heterocycles. The molecule has 2 aliphatic heterocycles. The highest BCUT2D eigenvalue weighted by molar-refractivity contribution is 8.01. The number of nitrogens with one attached hydrogen (secondary N) is 1. The lowest BCUT2D eigenvalue weighted by Gasteiger charge is -2.49. The molecule has 0 bridgehead atoms. The minimum absolute atomic E-state index is 0.0609. The molecular weight excluding hydrogens is 557 g/mol. The van der Waals surface area contributed by atoms with E-state index in [2.05, 4.69) is 33.9 Å². The average Bonchev–Trinajstić information content (AvgIpc) is 3.52. The molecule has 4 rings (SSSR count). The molecule has 19 heteroatoms. The number of nitrogens with two attached hydrogens (primary N) is 1. The first-order valence-electron chi connectivity index (χ1n) is 9.71. The number of carbonyl (C=O) groups excluding carboxylic acids is 3. The van der Waals surface area contributed by atoms with Crippen molar-refractivity contribution in [2.45, 2.75) is 15.8 Å². The summed E-state index contributed by atoms with van der Waals surface area (Å²) in [6, 6.07) is -0.991. The second kappa shape index (κ2) is 10.8. The lowest BCUT2D eigenvalue weighted by atomic mass is 10.0. The van der Waals surface area contributed by atoms with Gasteiger partial charge in [0, 0.05) is 23.0 Å². The number of anilines is 1. The van der Waals surface area contributed by atoms with E-state index in [0.29, 0.717) is 15.7 Å². The Bertz CT molecular complexity index is 1290. The summed E-state index contributed by atoms with van der Waals surface area (Å²) in [4.78, 5) is 63.0. The van der Waals surface area contributed by atoms with Crippen molar-refractivity contribution in [3.63, 3.8) is 0 Å². The van der Waals surface area contributed by atoms with Gasteiger partial charge in [-0.2, -0.15) is 13.7 Å². The number of nitrogens with zero attached hydrogens (tertiary/aromatic N) is 6. The van der Waals surface area contributed by atoms with Crippen molar-refractivity contribution < 1.29 is 33.9 Å². The molecule has 190 valence electrons. The number of aromatic nitrogens is 4. The molecule has 2 amide bonds. The number of rotatable bonds is 9. The molecule has 0 aliphatic carbocycles. The smallest absolute Gasteiger partial charge is 0.377 e. The lowest BCUT2D eigenvalue weighted by Crippen LogP contribution is -2.71. The fourth-order valence-corrected chi connectivity index (χ4v) is 6.71. The third-order valence-corrected chi connectivity index (χ3v) is 8.53. The van der Waals surface area contributed by atoms with Gasteiger partial charge in [-0.15, -0.1) is 11.8 Å². The number of carbonyl (C=O) groups is 4. The van der Waals surface area contributed by atoms with Crippen LogP contribution in [0.4, 0.5) is 5.13 Å². The fourth-order valence-electron chi connectivity index (χ4n) is 3.20. The number of oxime groups is 1. The van der Waals surface area contributed by atoms with Gasteiger partial charge in [-0.25, -0.2) is 14.6 Å². The van der Waals surface area contributed by atoms with Crippen molar-refractivity contribution in [2.24, 2.45) is 5.16 Å². The lowest BCUT2D eigenvalue weighted by molar-refractivity contribution is -0.150. The average molecular weight is 573 g/mol. The summed E-state index contributed by atoms with van der Waals surface area (Å²) in [6.07, 6.45) is 0. The Labute approximate surface area is 218 Å². The topological polar surface area (TPSA) is 212 Å². The summed E-state index contributed by atoms with van der Waals surface area (Å²) in [7, 11) is 2.45. The van der Waals surface area contributed by atoms with Crippen LogP contribution in [0.5, 0.6) is 0 Å². The zero-order valence-electron chi connectivity index (χ0n) is 18.4. The van der Waals surface area contributed by atoms with Crippen LogP contribution in [-0.4, -0.2) is 95.3 Å². The van der Waals surface area contributed by atoms with Crippen LogP contribution in [0.2, 0.25) is 0 Å². The number of carboxylic acids is 1. The number of carboxylic acid groups (broad SMARTS) is 1. The van der Waals surface area contributed by atoms with E-state index in [1.807, 2.05) is 0 Å². The van der Waals surface area contributed by atoms with Crippen molar-refractivity contribution in [3.8, 4) is 0 Å². The number of amides is 2. The second-order valence-electron chi connectivity index (χ2n) is 6.86. The SMILES string of the molecule is CON=C(C(=O)NC1C(=O)N2C(C(=O)O)=C(CSc3nc(C(=O)OC)ns3)CS[C@@H]12)c1nsc(N)n1. The van der Waals surface area contributed by atoms with Gasteiger partial charge in [-0.3, -0.25) is 14.5 Å². The Balaban J connectivity index is 1.47. The van der Waals surface area contributed by atoms with Gasteiger partial charge < -0.3 is 25.7 Å². The standard InChI is InChI=1S/C17H16N8O7S4/c1-31-15(30)10-21-17(36-24-10)34-4-5-3-33-13-7(12(27)25(13)8(5)14(28)29)19-11(26)6(22-32-2)9-20-16(18)35-23-9/h7,13H,3-4H2,1-2H3,(H,19,26)(H,28,29)(H2,18,20,23)/t7?,13-/m0/s1. The van der Waals surface area contributed by atoms with Crippen LogP contribution in [-0.2, 0) is 24.0 Å². The van der Waals surface area contributed by atoms with Gasteiger partial charge >= 0.3 is 11.9 Å². The van der Waals surface area contributed by atoms with Gasteiger partial charge in [0.15, 0.2) is 9.47 Å². The zero-order valence-corrected chi connectivity index (χ0v) is 21.6. The van der Waals surface area contributed by atoms with Crippen LogP contribution in [0.15, 0.2) is 20.8 Å². The quantitative estimate of drug-likeness (QED) is 0.115. The Hall–Kier alpha value is -3.29. The number of aliphatic carboxylic acids is 1. The maximum absolute atomic E-state index is 12.9. The van der Waals surface area contributed by atoms with Crippen LogP contribution in [0.1, 0.15) is 16.4 Å². The predicted octanol–water partition coefficient (Wildman–Crippen LogP) is -0.360. The highest BCUT2D eigenvalue weighted by atomic mass is 32.2. The van der Waals surface area contributed by atoms with E-state index < -0.39 is 35.2 Å². The van der Waals surface area contributed by atoms with E-state index in [1.165, 1.54) is 37.7 Å². The molecule has 15 nitrogen and oxygen atoms in total. The Morgan fingerprint density at radius 3 is 2.64 bits per heavy atom. The number of hydrogen-bond donors (Lipinski definition) is 3. The number of hydrogen-bond acceptors (Lipinski definition) is 16. The van der Waals surface area contributed by atoms with Gasteiger partial charge in [0.25, 0.3) is 17.6 Å². The summed E-state index contributed by atoms with van der Waals surface area (Å²) in [5, 5.41) is 15.5. The summed E-state index contributed by atoms with van der Waals surface area (Å²) in [5.74, 6) is -2.95. The summed E-state index contributed by atoms with van der Waals surface area (Å²) >= 11 is 4.33. The predicted molar refractivity (Wildman–Crippen MR) is 130 cm³/mol. The fraction of sp³-hybridized carbons (Fsp3) is 0.353. The third-order valence-electron chi connectivity index (χ3n) is 4.73. The first-order valence-corrected chi connectivity index (χ1v) is 13.3. The first-order chi connectivity index (χ1) is 17.2. The van der Waals surface area contributed by atoms with Gasteiger partial charge in [-0.1, -0.05) is 16.9 Å². The number of β-lactam (4-membered cyclic amide) rings is 1. The maximum atomic E-state index is 12.9. The Morgan fingerprint density at radius 2 is 2.00 bits per heavy atom. The zero-order chi connectivity index (χ0) is 26.0. The molecule has 0 aromatic carbocycles. The highest BCUT2D eigenvalue weighted by Crippen LogP contribution is 2.41. The van der Waals surface area contributed by atoms with E-state index in [4.69, 9.17) is 10.6 Å². The third kappa shape index (κ3) is 4.99. The largest absolute Gasteiger partial charge is 0.477 e. The minimum Gasteiger partial charge on any atom is -0.477 e. The van der Waals surface area contributed by atoms with Crippen LogP contribution < -0.4 is 11.1 Å². The first kappa shape index (κ1) is 25.8. The molecule has 2 aromatic rings. The molecule has 0 saturated carbocycles. The molecule has 1 fully saturated rings. The van der Waals surface area contributed by atoms with E-state index in [1.54, 1.807) is 0 Å². The molecule has 0 radical (unpaired) electrons. The van der Waals surface area contributed by atoms with Crippen molar-refractivity contribution in [2.75, 3.05) is 31.5 Å². The van der Waals surface area contributed by atoms with Crippen LogP contribution >= 0.6 is 46.6 Å². The van der Waals surface area contributed by atoms with Crippen molar-refractivity contribution in [3.05, 3.63) is 22.9 Å². The van der Waals surface area contributed by atoms with E-state index in [0.717, 1.165) is 28.0 Å². The van der Waals surface area contributed by atoms with Gasteiger partial charge in [0.05, 0.1) is 7.11 Å². The Morgan fingerprint density at radius 1 is 1.25 bits per heavy atom. The monoisotopic (exact) mass is 572 g/mol. The van der Waals surface area contributed by atoms with Crippen molar-refractivity contribution >= 4 is 81.2 Å². The molecule has 1 unspecified atom stereocenters. The summed E-state index contributed by atoms with van der Waals surface area (Å²) in [6.45, 7) is 0. The number of methoxy groups -OCH3 is 1. The van der Waals surface area contributed by atoms with E-state index in [9.17, 15) is 24.3 Å². The molecule has 4 N–H and O–H groups in total. The number of thioether (sulfide) groups is 2. The highest BCUT2D eigenvalue weighted by Gasteiger charge is 2.54. The molecule has 1 saturated heterocycles. The molecule has 2 atom stereocenters.